The zero-order chi connectivity index (χ0) is 18.7. The van der Waals surface area contributed by atoms with Crippen molar-refractivity contribution in [1.82, 2.24) is 15.1 Å². The monoisotopic (exact) mass is 356 g/mol. The topological polar surface area (TPSA) is 102 Å². The van der Waals surface area contributed by atoms with Crippen molar-refractivity contribution in [3.8, 4) is 0 Å². The predicted molar refractivity (Wildman–Crippen MR) is 93.5 cm³/mol. The van der Waals surface area contributed by atoms with Gasteiger partial charge in [-0.3, -0.25) is 19.1 Å². The molecule has 1 aromatic carbocycles. The third kappa shape index (κ3) is 4.08. The van der Waals surface area contributed by atoms with Crippen molar-refractivity contribution in [3.05, 3.63) is 47.8 Å². The molecule has 1 saturated carbocycles. The van der Waals surface area contributed by atoms with Crippen LogP contribution in [0.5, 0.6) is 0 Å². The Bertz CT molecular complexity index is 828. The summed E-state index contributed by atoms with van der Waals surface area (Å²) < 4.78 is 6.19. The summed E-state index contributed by atoms with van der Waals surface area (Å²) in [5.74, 6) is -0.780. The predicted octanol–water partition coefficient (Wildman–Crippen LogP) is 1.07. The molecule has 1 heterocycles. The molecular formula is C18H20N4O4. The highest BCUT2D eigenvalue weighted by atomic mass is 16.5. The SMILES string of the molecule is COC(=O)CNC(=O)c1ccc(NC(=O)C2CC2c2cnn(C)c2)cc1. The molecule has 1 aliphatic rings. The van der Waals surface area contributed by atoms with Gasteiger partial charge in [0.05, 0.1) is 13.3 Å². The van der Waals surface area contributed by atoms with Crippen molar-refractivity contribution >= 4 is 23.5 Å². The highest BCUT2D eigenvalue weighted by Gasteiger charge is 2.44. The van der Waals surface area contributed by atoms with Crippen LogP contribution in [0, 0.1) is 5.92 Å². The smallest absolute Gasteiger partial charge is 0.325 e. The number of carbonyl (C=O) groups is 3. The third-order valence-electron chi connectivity index (χ3n) is 4.32. The standard InChI is InChI=1S/C18H20N4O4/c1-22-10-12(8-20-22)14-7-15(14)18(25)21-13-5-3-11(4-6-13)17(24)19-9-16(23)26-2/h3-6,8,10,14-15H,7,9H2,1-2H3,(H,19,24)(H,21,25). The number of hydrogen-bond donors (Lipinski definition) is 2. The van der Waals surface area contributed by atoms with Crippen LogP contribution in [0.1, 0.15) is 28.3 Å². The molecule has 0 spiro atoms. The van der Waals surface area contributed by atoms with Crippen LogP contribution in [-0.2, 0) is 21.4 Å². The third-order valence-corrected chi connectivity index (χ3v) is 4.32. The van der Waals surface area contributed by atoms with Crippen LogP contribution in [0.25, 0.3) is 0 Å². The fourth-order valence-electron chi connectivity index (χ4n) is 2.75. The lowest BCUT2D eigenvalue weighted by molar-refractivity contribution is -0.139. The number of anilines is 1. The molecule has 0 radical (unpaired) electrons. The van der Waals surface area contributed by atoms with Crippen molar-refractivity contribution in [2.75, 3.05) is 19.0 Å². The summed E-state index contributed by atoms with van der Waals surface area (Å²) in [6.45, 7) is -0.189. The van der Waals surface area contributed by atoms with Gasteiger partial charge in [-0.1, -0.05) is 0 Å². The Labute approximate surface area is 150 Å². The van der Waals surface area contributed by atoms with Gasteiger partial charge in [-0.05, 0) is 42.2 Å². The molecule has 1 aliphatic carbocycles. The first-order valence-electron chi connectivity index (χ1n) is 8.22. The number of carbonyl (C=O) groups excluding carboxylic acids is 3. The summed E-state index contributed by atoms with van der Waals surface area (Å²) in [7, 11) is 3.11. The first-order valence-corrected chi connectivity index (χ1v) is 8.22. The van der Waals surface area contributed by atoms with Crippen LogP contribution >= 0.6 is 0 Å². The summed E-state index contributed by atoms with van der Waals surface area (Å²) in [6.07, 6.45) is 4.53. The second-order valence-corrected chi connectivity index (χ2v) is 6.22. The minimum Gasteiger partial charge on any atom is -0.468 e. The largest absolute Gasteiger partial charge is 0.468 e. The van der Waals surface area contributed by atoms with E-state index in [2.05, 4.69) is 20.5 Å². The number of aryl methyl sites for hydroxylation is 1. The van der Waals surface area contributed by atoms with Gasteiger partial charge in [0, 0.05) is 30.4 Å². The van der Waals surface area contributed by atoms with Gasteiger partial charge in [-0.15, -0.1) is 0 Å². The first-order chi connectivity index (χ1) is 12.5. The molecule has 0 aliphatic heterocycles. The van der Waals surface area contributed by atoms with Crippen LogP contribution in [0.3, 0.4) is 0 Å². The van der Waals surface area contributed by atoms with E-state index in [-0.39, 0.29) is 30.2 Å². The van der Waals surface area contributed by atoms with Gasteiger partial charge >= 0.3 is 5.97 Å². The number of amides is 2. The van der Waals surface area contributed by atoms with Gasteiger partial charge in [-0.25, -0.2) is 0 Å². The van der Waals surface area contributed by atoms with E-state index in [0.29, 0.717) is 11.3 Å². The molecule has 3 rings (SSSR count). The van der Waals surface area contributed by atoms with Crippen LogP contribution in [0.4, 0.5) is 5.69 Å². The Morgan fingerprint density at radius 1 is 1.27 bits per heavy atom. The maximum atomic E-state index is 12.3. The van der Waals surface area contributed by atoms with Crippen molar-refractivity contribution < 1.29 is 19.1 Å². The summed E-state index contributed by atoms with van der Waals surface area (Å²) in [6, 6.07) is 6.50. The maximum absolute atomic E-state index is 12.3. The number of hydrogen-bond acceptors (Lipinski definition) is 5. The van der Waals surface area contributed by atoms with Crippen LogP contribution < -0.4 is 10.6 Å². The highest BCUT2D eigenvalue weighted by molar-refractivity contribution is 5.98. The molecule has 1 aromatic heterocycles. The summed E-state index contributed by atoms with van der Waals surface area (Å²) in [5.41, 5.74) is 2.09. The van der Waals surface area contributed by atoms with E-state index in [0.717, 1.165) is 12.0 Å². The van der Waals surface area contributed by atoms with Gasteiger partial charge in [0.15, 0.2) is 0 Å². The van der Waals surface area contributed by atoms with Crippen molar-refractivity contribution in [3.63, 3.8) is 0 Å². The van der Waals surface area contributed by atoms with E-state index in [1.807, 2.05) is 13.2 Å². The average molecular weight is 356 g/mol. The fraction of sp³-hybridized carbons (Fsp3) is 0.333. The molecule has 26 heavy (non-hydrogen) atoms. The number of rotatable bonds is 6. The van der Waals surface area contributed by atoms with E-state index in [9.17, 15) is 14.4 Å². The molecule has 2 amide bonds. The molecule has 8 heteroatoms. The lowest BCUT2D eigenvalue weighted by Crippen LogP contribution is -2.30. The highest BCUT2D eigenvalue weighted by Crippen LogP contribution is 2.47. The van der Waals surface area contributed by atoms with Crippen LogP contribution in [-0.4, -0.2) is 41.2 Å². The normalized spacial score (nSPS) is 18.1. The fourth-order valence-corrected chi connectivity index (χ4v) is 2.75. The van der Waals surface area contributed by atoms with Gasteiger partial charge in [0.2, 0.25) is 5.91 Å². The molecule has 2 aromatic rings. The lowest BCUT2D eigenvalue weighted by Gasteiger charge is -2.07. The molecule has 8 nitrogen and oxygen atoms in total. The van der Waals surface area contributed by atoms with E-state index in [4.69, 9.17) is 0 Å². The zero-order valence-electron chi connectivity index (χ0n) is 14.6. The van der Waals surface area contributed by atoms with Crippen molar-refractivity contribution in [1.29, 1.82) is 0 Å². The molecule has 0 saturated heterocycles. The Balaban J connectivity index is 1.52. The van der Waals surface area contributed by atoms with Gasteiger partial charge < -0.3 is 15.4 Å². The van der Waals surface area contributed by atoms with E-state index in [1.54, 1.807) is 35.1 Å². The summed E-state index contributed by atoms with van der Waals surface area (Å²) in [5, 5.41) is 9.45. The average Bonchev–Trinajstić information content (AvgIpc) is 3.34. The van der Waals surface area contributed by atoms with Gasteiger partial charge in [-0.2, -0.15) is 5.10 Å². The Hall–Kier alpha value is -3.16. The van der Waals surface area contributed by atoms with Gasteiger partial charge in [0.25, 0.3) is 5.91 Å². The number of esters is 1. The van der Waals surface area contributed by atoms with E-state index in [1.165, 1.54) is 7.11 Å². The lowest BCUT2D eigenvalue weighted by atomic mass is 10.1. The number of nitrogens with one attached hydrogen (secondary N) is 2. The van der Waals surface area contributed by atoms with Crippen LogP contribution in [0.2, 0.25) is 0 Å². The molecule has 136 valence electrons. The van der Waals surface area contributed by atoms with Crippen LogP contribution in [0.15, 0.2) is 36.7 Å². The molecular weight excluding hydrogens is 336 g/mol. The molecule has 2 atom stereocenters. The van der Waals surface area contributed by atoms with Crippen molar-refractivity contribution in [2.45, 2.75) is 12.3 Å². The number of ether oxygens (including phenoxy) is 1. The van der Waals surface area contributed by atoms with Gasteiger partial charge in [0.1, 0.15) is 6.54 Å². The van der Waals surface area contributed by atoms with E-state index >= 15 is 0 Å². The first kappa shape index (κ1) is 17.7. The summed E-state index contributed by atoms with van der Waals surface area (Å²) in [4.78, 5) is 35.3. The molecule has 2 N–H and O–H groups in total. The molecule has 1 fully saturated rings. The van der Waals surface area contributed by atoms with Crippen molar-refractivity contribution in [2.24, 2.45) is 13.0 Å². The zero-order valence-corrected chi connectivity index (χ0v) is 14.6. The maximum Gasteiger partial charge on any atom is 0.325 e. The molecule has 0 bridgehead atoms. The minimum atomic E-state index is -0.519. The Kier molecular flexibility index (Phi) is 5.01. The number of aromatic nitrogens is 2. The second-order valence-electron chi connectivity index (χ2n) is 6.22. The number of nitrogens with zero attached hydrogens (tertiary/aromatic N) is 2. The Morgan fingerprint density at radius 2 is 2.00 bits per heavy atom. The second kappa shape index (κ2) is 7.38. The number of benzene rings is 1. The number of methoxy groups -OCH3 is 1. The van der Waals surface area contributed by atoms with E-state index < -0.39 is 5.97 Å². The summed E-state index contributed by atoms with van der Waals surface area (Å²) >= 11 is 0. The quantitative estimate of drug-likeness (QED) is 0.754. The molecule has 2 unspecified atom stereocenters. The Morgan fingerprint density at radius 3 is 2.62 bits per heavy atom. The minimum absolute atomic E-state index is 0.0401.